The normalized spacial score (nSPS) is 15.4. The summed E-state index contributed by atoms with van der Waals surface area (Å²) in [6, 6.07) is 6.10. The van der Waals surface area contributed by atoms with Crippen LogP contribution in [0.3, 0.4) is 0 Å². The Balaban J connectivity index is 2.75. The molecule has 0 aromatic heterocycles. The smallest absolute Gasteiger partial charge is 0.237 e. The minimum atomic E-state index is -0.743. The number of benzene rings is 1. The Bertz CT molecular complexity index is 453. The summed E-state index contributed by atoms with van der Waals surface area (Å²) in [5, 5.41) is 3.14. The number of hydrogen-bond donors (Lipinski definition) is 2. The molecule has 3 N–H and O–H groups in total. The summed E-state index contributed by atoms with van der Waals surface area (Å²) in [6.45, 7) is 10.5. The first-order valence-corrected chi connectivity index (χ1v) is 7.06. The third-order valence-corrected chi connectivity index (χ3v) is 3.34. The number of likely N-dealkylation sites (N-methyl/N-ethyl adjacent to an activating group) is 1. The van der Waals surface area contributed by atoms with E-state index in [2.05, 4.69) is 11.4 Å². The molecular weight excluding hydrogens is 252 g/mol. The summed E-state index contributed by atoms with van der Waals surface area (Å²) in [5.41, 5.74) is 7.07. The molecule has 0 radical (unpaired) electrons. The van der Waals surface area contributed by atoms with Crippen molar-refractivity contribution in [2.45, 2.75) is 52.7 Å². The molecule has 2 unspecified atom stereocenters. The molecule has 1 aromatic rings. The van der Waals surface area contributed by atoms with Gasteiger partial charge in [0.1, 0.15) is 5.75 Å². The molecule has 0 saturated heterocycles. The van der Waals surface area contributed by atoms with E-state index in [1.807, 2.05) is 46.8 Å². The number of carbonyl (C=O) groups excluding carboxylic acids is 1. The second kappa shape index (κ2) is 6.75. The monoisotopic (exact) mass is 278 g/mol. The maximum absolute atomic E-state index is 11.6. The molecule has 1 amide bonds. The summed E-state index contributed by atoms with van der Waals surface area (Å²) in [6.07, 6.45) is 0.427. The van der Waals surface area contributed by atoms with Crippen LogP contribution in [0, 0.1) is 13.8 Å². The molecule has 0 saturated carbocycles. The SMILES string of the molecule is CCNC(C)(CC(C)Oc1cc(C)cc(C)c1)C(N)=O. The summed E-state index contributed by atoms with van der Waals surface area (Å²) in [7, 11) is 0. The number of carbonyl (C=O) groups is 1. The van der Waals surface area contributed by atoms with E-state index in [-0.39, 0.29) is 12.0 Å². The van der Waals surface area contributed by atoms with Crippen molar-refractivity contribution < 1.29 is 9.53 Å². The number of primary amides is 1. The third-order valence-electron chi connectivity index (χ3n) is 3.34. The second-order valence-corrected chi connectivity index (χ2v) is 5.68. The van der Waals surface area contributed by atoms with E-state index < -0.39 is 5.54 Å². The first kappa shape index (κ1) is 16.5. The molecule has 20 heavy (non-hydrogen) atoms. The molecular formula is C16H26N2O2. The molecule has 0 spiro atoms. The number of amides is 1. The molecule has 0 aliphatic heterocycles. The average molecular weight is 278 g/mol. The number of rotatable bonds is 7. The maximum Gasteiger partial charge on any atom is 0.237 e. The number of nitrogens with two attached hydrogens (primary N) is 1. The van der Waals surface area contributed by atoms with Gasteiger partial charge in [0, 0.05) is 6.42 Å². The van der Waals surface area contributed by atoms with Crippen molar-refractivity contribution >= 4 is 5.91 Å². The largest absolute Gasteiger partial charge is 0.491 e. The van der Waals surface area contributed by atoms with Gasteiger partial charge in [0.15, 0.2) is 0 Å². The van der Waals surface area contributed by atoms with Gasteiger partial charge in [-0.3, -0.25) is 4.79 Å². The highest BCUT2D eigenvalue weighted by Gasteiger charge is 2.32. The molecule has 0 heterocycles. The van der Waals surface area contributed by atoms with E-state index in [1.165, 1.54) is 0 Å². The van der Waals surface area contributed by atoms with E-state index in [1.54, 1.807) is 0 Å². The Morgan fingerprint density at radius 1 is 1.35 bits per heavy atom. The van der Waals surface area contributed by atoms with Gasteiger partial charge >= 0.3 is 0 Å². The second-order valence-electron chi connectivity index (χ2n) is 5.68. The first-order valence-electron chi connectivity index (χ1n) is 7.06. The van der Waals surface area contributed by atoms with Crippen LogP contribution in [-0.2, 0) is 4.79 Å². The fraction of sp³-hybridized carbons (Fsp3) is 0.562. The predicted octanol–water partition coefficient (Wildman–Crippen LogP) is 2.31. The first-order chi connectivity index (χ1) is 9.26. The van der Waals surface area contributed by atoms with Crippen LogP contribution in [-0.4, -0.2) is 24.1 Å². The van der Waals surface area contributed by atoms with Gasteiger partial charge in [0.2, 0.25) is 5.91 Å². The van der Waals surface area contributed by atoms with Crippen LogP contribution in [0.4, 0.5) is 0 Å². The number of aryl methyl sites for hydroxylation is 2. The van der Waals surface area contributed by atoms with Crippen molar-refractivity contribution in [3.63, 3.8) is 0 Å². The molecule has 2 atom stereocenters. The Morgan fingerprint density at radius 3 is 2.35 bits per heavy atom. The molecule has 4 heteroatoms. The fourth-order valence-electron chi connectivity index (χ4n) is 2.50. The Hall–Kier alpha value is -1.55. The average Bonchev–Trinajstić information content (AvgIpc) is 2.26. The summed E-state index contributed by atoms with van der Waals surface area (Å²) >= 11 is 0. The van der Waals surface area contributed by atoms with Gasteiger partial charge in [-0.1, -0.05) is 13.0 Å². The standard InChI is InChI=1S/C16H26N2O2/c1-6-18-16(5,15(17)19)10-13(4)20-14-8-11(2)7-12(3)9-14/h7-9,13,18H,6,10H2,1-5H3,(H2,17,19). The molecule has 112 valence electrons. The van der Waals surface area contributed by atoms with Crippen LogP contribution in [0.15, 0.2) is 18.2 Å². The highest BCUT2D eigenvalue weighted by atomic mass is 16.5. The molecule has 0 fully saturated rings. The quantitative estimate of drug-likeness (QED) is 0.804. The number of hydrogen-bond acceptors (Lipinski definition) is 3. The summed E-state index contributed by atoms with van der Waals surface area (Å²) < 4.78 is 5.92. The van der Waals surface area contributed by atoms with Crippen LogP contribution in [0.1, 0.15) is 38.3 Å². The van der Waals surface area contributed by atoms with Crippen molar-refractivity contribution in [1.29, 1.82) is 0 Å². The van der Waals surface area contributed by atoms with Crippen molar-refractivity contribution in [1.82, 2.24) is 5.32 Å². The number of ether oxygens (including phenoxy) is 1. The number of nitrogens with one attached hydrogen (secondary N) is 1. The zero-order valence-corrected chi connectivity index (χ0v) is 13.1. The lowest BCUT2D eigenvalue weighted by molar-refractivity contribution is -0.124. The van der Waals surface area contributed by atoms with Crippen LogP contribution >= 0.6 is 0 Å². The van der Waals surface area contributed by atoms with Gasteiger partial charge < -0.3 is 15.8 Å². The van der Waals surface area contributed by atoms with Crippen LogP contribution < -0.4 is 15.8 Å². The molecule has 0 aliphatic carbocycles. The topological polar surface area (TPSA) is 64.3 Å². The van der Waals surface area contributed by atoms with E-state index in [0.717, 1.165) is 16.9 Å². The minimum absolute atomic E-state index is 0.104. The molecule has 0 aliphatic rings. The van der Waals surface area contributed by atoms with Crippen LogP contribution in [0.5, 0.6) is 5.75 Å². The van der Waals surface area contributed by atoms with Crippen molar-refractivity contribution in [3.8, 4) is 5.75 Å². The lowest BCUT2D eigenvalue weighted by atomic mass is 9.94. The highest BCUT2D eigenvalue weighted by Crippen LogP contribution is 2.21. The molecule has 4 nitrogen and oxygen atoms in total. The van der Waals surface area contributed by atoms with Gasteiger partial charge in [-0.15, -0.1) is 0 Å². The van der Waals surface area contributed by atoms with Crippen LogP contribution in [0.2, 0.25) is 0 Å². The molecule has 1 rings (SSSR count). The Labute approximate surface area is 121 Å². The highest BCUT2D eigenvalue weighted by molar-refractivity contribution is 5.84. The third kappa shape index (κ3) is 4.53. The zero-order chi connectivity index (χ0) is 15.3. The van der Waals surface area contributed by atoms with Crippen molar-refractivity contribution in [2.24, 2.45) is 5.73 Å². The Morgan fingerprint density at radius 2 is 1.90 bits per heavy atom. The summed E-state index contributed by atoms with van der Waals surface area (Å²) in [4.78, 5) is 11.6. The molecule has 0 bridgehead atoms. The summed E-state index contributed by atoms with van der Waals surface area (Å²) in [5.74, 6) is 0.480. The molecule has 1 aromatic carbocycles. The van der Waals surface area contributed by atoms with E-state index in [4.69, 9.17) is 10.5 Å². The van der Waals surface area contributed by atoms with E-state index in [0.29, 0.717) is 13.0 Å². The van der Waals surface area contributed by atoms with Crippen molar-refractivity contribution in [3.05, 3.63) is 29.3 Å². The minimum Gasteiger partial charge on any atom is -0.491 e. The van der Waals surface area contributed by atoms with Gasteiger partial charge in [-0.05, 0) is 57.5 Å². The lowest BCUT2D eigenvalue weighted by Gasteiger charge is -2.30. The van der Waals surface area contributed by atoms with Crippen molar-refractivity contribution in [2.75, 3.05) is 6.54 Å². The van der Waals surface area contributed by atoms with Gasteiger partial charge in [-0.25, -0.2) is 0 Å². The van der Waals surface area contributed by atoms with E-state index >= 15 is 0 Å². The lowest BCUT2D eigenvalue weighted by Crippen LogP contribution is -2.55. The fourth-order valence-corrected chi connectivity index (χ4v) is 2.50. The van der Waals surface area contributed by atoms with Gasteiger partial charge in [-0.2, -0.15) is 0 Å². The van der Waals surface area contributed by atoms with E-state index in [9.17, 15) is 4.79 Å². The van der Waals surface area contributed by atoms with Gasteiger partial charge in [0.25, 0.3) is 0 Å². The zero-order valence-electron chi connectivity index (χ0n) is 13.1. The van der Waals surface area contributed by atoms with Crippen LogP contribution in [0.25, 0.3) is 0 Å². The predicted molar refractivity (Wildman–Crippen MR) is 81.9 cm³/mol. The maximum atomic E-state index is 11.6. The van der Waals surface area contributed by atoms with Gasteiger partial charge in [0.05, 0.1) is 11.6 Å². The Kier molecular flexibility index (Phi) is 5.57.